The normalized spacial score (nSPS) is 15.8. The Morgan fingerprint density at radius 3 is 2.12 bits per heavy atom. The van der Waals surface area contributed by atoms with Crippen molar-refractivity contribution in [3.05, 3.63) is 90.0 Å². The van der Waals surface area contributed by atoms with Crippen LogP contribution in [-0.2, 0) is 0 Å². The summed E-state index contributed by atoms with van der Waals surface area (Å²) in [5.41, 5.74) is 9.91. The fraction of sp³-hybridized carbons (Fsp3) is 0.0870. The molecule has 2 nitrogen and oxygen atoms in total. The number of allylic oxidation sites excluding steroid dienone is 7. The molecule has 0 N–H and O–H groups in total. The highest BCUT2D eigenvalue weighted by atomic mass is 14.7. The van der Waals surface area contributed by atoms with Gasteiger partial charge in [0.1, 0.15) is 0 Å². The number of pyridine rings is 2. The molecule has 2 aromatic heterocycles. The van der Waals surface area contributed by atoms with Crippen molar-refractivity contribution in [2.45, 2.75) is 12.8 Å². The first-order chi connectivity index (χ1) is 12.4. The van der Waals surface area contributed by atoms with Gasteiger partial charge in [0.2, 0.25) is 0 Å². The van der Waals surface area contributed by atoms with Crippen molar-refractivity contribution in [2.75, 3.05) is 0 Å². The summed E-state index contributed by atoms with van der Waals surface area (Å²) in [4.78, 5) is 9.32. The van der Waals surface area contributed by atoms with Crippen LogP contribution in [-0.4, -0.2) is 9.97 Å². The highest BCUT2D eigenvalue weighted by Crippen LogP contribution is 2.33. The Balaban J connectivity index is 1.79. The van der Waals surface area contributed by atoms with E-state index in [2.05, 4.69) is 64.3 Å². The molecule has 118 valence electrons. The lowest BCUT2D eigenvalue weighted by molar-refractivity contribution is 1.04. The van der Waals surface area contributed by atoms with Gasteiger partial charge in [0.25, 0.3) is 0 Å². The van der Waals surface area contributed by atoms with Crippen molar-refractivity contribution in [1.29, 1.82) is 0 Å². The number of hydrogen-bond donors (Lipinski definition) is 0. The smallest absolute Gasteiger partial charge is 0.0970 e. The van der Waals surface area contributed by atoms with Gasteiger partial charge in [0.05, 0.1) is 11.0 Å². The highest BCUT2D eigenvalue weighted by Gasteiger charge is 2.13. The summed E-state index contributed by atoms with van der Waals surface area (Å²) in [6, 6.07) is 8.52. The second-order valence-electron chi connectivity index (χ2n) is 6.31. The quantitative estimate of drug-likeness (QED) is 0.452. The first-order valence-electron chi connectivity index (χ1n) is 8.58. The molecule has 0 saturated carbocycles. The first kappa shape index (κ1) is 14.2. The molecule has 0 atom stereocenters. The maximum atomic E-state index is 4.67. The standard InChI is InChI=1S/C23H16N2/c1-2-6-16(7-3-1)18-12-14-24-22-20(18)10-11-21-19(13-15-25-23(21)22)17-8-4-5-9-17/h2,4,6-15H,1,3H2. The minimum absolute atomic E-state index is 0.957. The summed E-state index contributed by atoms with van der Waals surface area (Å²) in [5.74, 6) is 0. The molecule has 0 fully saturated rings. The molecule has 0 saturated heterocycles. The first-order valence-corrected chi connectivity index (χ1v) is 8.58. The van der Waals surface area contributed by atoms with Crippen molar-refractivity contribution >= 4 is 33.0 Å². The van der Waals surface area contributed by atoms with Crippen molar-refractivity contribution < 1.29 is 0 Å². The zero-order valence-electron chi connectivity index (χ0n) is 13.7. The van der Waals surface area contributed by atoms with Gasteiger partial charge in [-0.25, -0.2) is 0 Å². The fourth-order valence-corrected chi connectivity index (χ4v) is 3.64. The molecular weight excluding hydrogens is 304 g/mol. The van der Waals surface area contributed by atoms with Gasteiger partial charge in [0.15, 0.2) is 0 Å². The number of hydrogen-bond acceptors (Lipinski definition) is 2. The fourth-order valence-electron chi connectivity index (χ4n) is 3.64. The van der Waals surface area contributed by atoms with Gasteiger partial charge in [-0.05, 0) is 65.5 Å². The minimum Gasteiger partial charge on any atom is -0.254 e. The number of rotatable bonds is 2. The van der Waals surface area contributed by atoms with Crippen LogP contribution in [0.2, 0.25) is 0 Å². The molecule has 0 bridgehead atoms. The molecule has 0 radical (unpaired) electrons. The average molecular weight is 320 g/mol. The molecule has 1 aromatic carbocycles. The van der Waals surface area contributed by atoms with Crippen molar-refractivity contribution in [1.82, 2.24) is 9.97 Å². The van der Waals surface area contributed by atoms with Crippen LogP contribution in [0.25, 0.3) is 33.0 Å². The zero-order valence-corrected chi connectivity index (χ0v) is 13.7. The van der Waals surface area contributed by atoms with E-state index in [9.17, 15) is 0 Å². The summed E-state index contributed by atoms with van der Waals surface area (Å²) < 4.78 is 0. The molecule has 0 unspecified atom stereocenters. The van der Waals surface area contributed by atoms with Gasteiger partial charge < -0.3 is 0 Å². The molecule has 5 rings (SSSR count). The van der Waals surface area contributed by atoms with Crippen LogP contribution in [0.3, 0.4) is 0 Å². The summed E-state index contributed by atoms with van der Waals surface area (Å²) in [7, 11) is 0. The second-order valence-corrected chi connectivity index (χ2v) is 6.31. The van der Waals surface area contributed by atoms with E-state index in [-0.39, 0.29) is 0 Å². The predicted octanol–water partition coefficient (Wildman–Crippen LogP) is 5.62. The lowest BCUT2D eigenvalue weighted by Crippen LogP contribution is -1.93. The number of fused-ring (bicyclic) bond motifs is 3. The Labute approximate surface area is 146 Å². The van der Waals surface area contributed by atoms with E-state index in [4.69, 9.17) is 0 Å². The average Bonchev–Trinajstić information content (AvgIpc) is 3.22. The zero-order chi connectivity index (χ0) is 16.6. The van der Waals surface area contributed by atoms with Crippen LogP contribution >= 0.6 is 0 Å². The third kappa shape index (κ3) is 2.27. The molecule has 2 aliphatic carbocycles. The van der Waals surface area contributed by atoms with Crippen LogP contribution in [0.4, 0.5) is 0 Å². The predicted molar refractivity (Wildman–Crippen MR) is 104 cm³/mol. The van der Waals surface area contributed by atoms with Gasteiger partial charge in [-0.2, -0.15) is 0 Å². The Morgan fingerprint density at radius 1 is 0.800 bits per heavy atom. The Morgan fingerprint density at radius 2 is 1.52 bits per heavy atom. The lowest BCUT2D eigenvalue weighted by Gasteiger charge is -2.12. The van der Waals surface area contributed by atoms with Gasteiger partial charge in [0, 0.05) is 23.2 Å². The Bertz CT molecular complexity index is 1170. The maximum Gasteiger partial charge on any atom is 0.0970 e. The van der Waals surface area contributed by atoms with E-state index in [1.807, 2.05) is 24.5 Å². The van der Waals surface area contributed by atoms with Gasteiger partial charge >= 0.3 is 0 Å². The number of benzene rings is 1. The maximum absolute atomic E-state index is 4.67. The Kier molecular flexibility index (Phi) is 3.22. The molecule has 0 spiro atoms. The molecule has 3 aromatic rings. The van der Waals surface area contributed by atoms with Gasteiger partial charge in [-0.15, -0.1) is 5.73 Å². The molecule has 25 heavy (non-hydrogen) atoms. The summed E-state index contributed by atoms with van der Waals surface area (Å²) >= 11 is 0. The van der Waals surface area contributed by atoms with E-state index >= 15 is 0 Å². The van der Waals surface area contributed by atoms with Crippen LogP contribution in [0, 0.1) is 0 Å². The van der Waals surface area contributed by atoms with Crippen LogP contribution in [0.1, 0.15) is 24.0 Å². The Hall–Kier alpha value is -3.22. The van der Waals surface area contributed by atoms with Crippen molar-refractivity contribution in [3.8, 4) is 0 Å². The summed E-state index contributed by atoms with van der Waals surface area (Å²) in [6.45, 7) is 0. The van der Waals surface area contributed by atoms with Gasteiger partial charge in [-0.3, -0.25) is 9.97 Å². The molecule has 2 heterocycles. The van der Waals surface area contributed by atoms with E-state index in [0.29, 0.717) is 0 Å². The highest BCUT2D eigenvalue weighted by molar-refractivity contribution is 6.10. The molecule has 2 heteroatoms. The third-order valence-corrected chi connectivity index (χ3v) is 4.84. The monoisotopic (exact) mass is 320 g/mol. The van der Waals surface area contributed by atoms with Crippen molar-refractivity contribution in [2.24, 2.45) is 0 Å². The molecule has 2 aliphatic rings. The van der Waals surface area contributed by atoms with Crippen LogP contribution < -0.4 is 0 Å². The van der Waals surface area contributed by atoms with E-state index in [1.54, 1.807) is 0 Å². The molecule has 0 aliphatic heterocycles. The van der Waals surface area contributed by atoms with Crippen LogP contribution in [0.5, 0.6) is 0 Å². The van der Waals surface area contributed by atoms with Crippen LogP contribution in [0.15, 0.2) is 78.8 Å². The van der Waals surface area contributed by atoms with E-state index in [1.165, 1.54) is 22.3 Å². The lowest BCUT2D eigenvalue weighted by atomic mass is 9.94. The molecular formula is C23H16N2. The summed E-state index contributed by atoms with van der Waals surface area (Å²) in [6.07, 6.45) is 18.8. The SMILES string of the molecule is C1=CC=C(c2ccnc3c2ccc2c(C4=CCCC=C4)ccnc23)C=1. The minimum atomic E-state index is 0.957. The van der Waals surface area contributed by atoms with Gasteiger partial charge in [-0.1, -0.05) is 30.4 Å². The topological polar surface area (TPSA) is 25.8 Å². The largest absolute Gasteiger partial charge is 0.254 e. The third-order valence-electron chi connectivity index (χ3n) is 4.84. The number of nitrogens with zero attached hydrogens (tertiary/aromatic N) is 2. The van der Waals surface area contributed by atoms with E-state index < -0.39 is 0 Å². The van der Waals surface area contributed by atoms with E-state index in [0.717, 1.165) is 34.6 Å². The number of aromatic nitrogens is 2. The summed E-state index contributed by atoms with van der Waals surface area (Å²) in [5, 5.41) is 2.29. The van der Waals surface area contributed by atoms with Crippen molar-refractivity contribution in [3.63, 3.8) is 0 Å². The second kappa shape index (κ2) is 5.70. The molecule has 0 amide bonds.